The van der Waals surface area contributed by atoms with E-state index in [1.807, 2.05) is 0 Å². The molecular weight excluding hydrogens is 356 g/mol. The molecular formula is C18H17ClN4O3. The Morgan fingerprint density at radius 3 is 2.88 bits per heavy atom. The Morgan fingerprint density at radius 2 is 2.15 bits per heavy atom. The van der Waals surface area contributed by atoms with Gasteiger partial charge in [-0.3, -0.25) is 5.10 Å². The molecule has 0 spiro atoms. The van der Waals surface area contributed by atoms with Crippen LogP contribution < -0.4 is 19.9 Å². The van der Waals surface area contributed by atoms with Gasteiger partial charge in [0.15, 0.2) is 11.5 Å². The van der Waals surface area contributed by atoms with Gasteiger partial charge in [-0.05, 0) is 24.5 Å². The summed E-state index contributed by atoms with van der Waals surface area (Å²) in [5, 5.41) is 17.4. The minimum Gasteiger partial charge on any atom is -0.454 e. The zero-order chi connectivity index (χ0) is 18.3. The second-order valence-electron chi connectivity index (χ2n) is 6.18. The van der Waals surface area contributed by atoms with E-state index in [-0.39, 0.29) is 12.7 Å². The Bertz CT molecular complexity index is 945. The molecule has 0 aliphatic carbocycles. The number of nitrogens with two attached hydrogens (primary N) is 1. The highest BCUT2D eigenvalue weighted by Crippen LogP contribution is 2.48. The van der Waals surface area contributed by atoms with Gasteiger partial charge in [-0.25, -0.2) is 0 Å². The number of nitrogens with one attached hydrogen (secondary N) is 1. The van der Waals surface area contributed by atoms with Gasteiger partial charge in [0.05, 0.1) is 11.5 Å². The van der Waals surface area contributed by atoms with Crippen molar-refractivity contribution in [2.45, 2.75) is 32.1 Å². The molecule has 0 amide bonds. The van der Waals surface area contributed by atoms with Crippen LogP contribution in [-0.4, -0.2) is 17.0 Å². The maximum absolute atomic E-state index is 9.71. The smallest absolute Gasteiger partial charge is 0.244 e. The number of rotatable bonds is 4. The van der Waals surface area contributed by atoms with Crippen LogP contribution in [-0.2, 0) is 6.42 Å². The number of aromatic amines is 1. The summed E-state index contributed by atoms with van der Waals surface area (Å²) in [6.45, 7) is 2.26. The van der Waals surface area contributed by atoms with E-state index < -0.39 is 5.92 Å². The number of unbranched alkanes of at least 4 members (excludes halogenated alkanes) is 1. The number of aromatic nitrogens is 2. The average Bonchev–Trinajstić information content (AvgIpc) is 3.24. The summed E-state index contributed by atoms with van der Waals surface area (Å²) in [5.74, 6) is 1.11. The number of nitriles is 1. The highest BCUT2D eigenvalue weighted by molar-refractivity contribution is 6.31. The maximum Gasteiger partial charge on any atom is 0.244 e. The molecule has 0 bridgehead atoms. The number of allylic oxidation sites excluding steroid dienone is 1. The molecule has 4 rings (SSSR count). The fourth-order valence-corrected chi connectivity index (χ4v) is 3.58. The molecule has 2 aliphatic heterocycles. The topological polar surface area (TPSA) is 106 Å². The number of hydrogen-bond donors (Lipinski definition) is 2. The number of fused-ring (bicyclic) bond motifs is 2. The fraction of sp³-hybridized carbons (Fsp3) is 0.333. The average molecular weight is 373 g/mol. The lowest BCUT2D eigenvalue weighted by molar-refractivity contribution is 0.174. The SMILES string of the molecule is CCCCc1[nH]nc2c1C(c1cc3c(cc1Cl)OCO3)C(C#N)=C(N)O2. The second-order valence-corrected chi connectivity index (χ2v) is 6.58. The highest BCUT2D eigenvalue weighted by Gasteiger charge is 2.37. The van der Waals surface area contributed by atoms with E-state index in [9.17, 15) is 5.26 Å². The minimum atomic E-state index is -0.476. The summed E-state index contributed by atoms with van der Waals surface area (Å²) in [6.07, 6.45) is 2.81. The number of hydrogen-bond acceptors (Lipinski definition) is 6. The van der Waals surface area contributed by atoms with Crippen LogP contribution in [0.25, 0.3) is 0 Å². The lowest BCUT2D eigenvalue weighted by atomic mass is 9.83. The molecule has 7 nitrogen and oxygen atoms in total. The first kappa shape index (κ1) is 16.6. The maximum atomic E-state index is 9.71. The number of aryl methyl sites for hydroxylation is 1. The molecule has 2 aliphatic rings. The third kappa shape index (κ3) is 2.54. The van der Waals surface area contributed by atoms with Crippen LogP contribution in [0.5, 0.6) is 17.4 Å². The Labute approximate surface area is 155 Å². The first-order chi connectivity index (χ1) is 12.6. The Hall–Kier alpha value is -2.85. The molecule has 134 valence electrons. The summed E-state index contributed by atoms with van der Waals surface area (Å²) in [4.78, 5) is 0. The van der Waals surface area contributed by atoms with Gasteiger partial charge >= 0.3 is 0 Å². The third-order valence-corrected chi connectivity index (χ3v) is 4.93. The Morgan fingerprint density at radius 1 is 1.38 bits per heavy atom. The monoisotopic (exact) mass is 372 g/mol. The molecule has 26 heavy (non-hydrogen) atoms. The number of H-pyrrole nitrogens is 1. The van der Waals surface area contributed by atoms with Crippen LogP contribution in [0.15, 0.2) is 23.6 Å². The highest BCUT2D eigenvalue weighted by atomic mass is 35.5. The molecule has 3 N–H and O–H groups in total. The van der Waals surface area contributed by atoms with Crippen LogP contribution in [0.4, 0.5) is 0 Å². The molecule has 2 aromatic rings. The van der Waals surface area contributed by atoms with Crippen molar-refractivity contribution in [2.24, 2.45) is 5.73 Å². The predicted octanol–water partition coefficient (Wildman–Crippen LogP) is 3.35. The molecule has 3 heterocycles. The van der Waals surface area contributed by atoms with Crippen molar-refractivity contribution in [3.63, 3.8) is 0 Å². The first-order valence-corrected chi connectivity index (χ1v) is 8.75. The van der Waals surface area contributed by atoms with Crippen LogP contribution in [0.1, 0.15) is 42.5 Å². The molecule has 8 heteroatoms. The number of benzene rings is 1. The van der Waals surface area contributed by atoms with Gasteiger partial charge in [0.25, 0.3) is 0 Å². The van der Waals surface area contributed by atoms with Gasteiger partial charge in [0.2, 0.25) is 18.6 Å². The van der Waals surface area contributed by atoms with E-state index in [4.69, 9.17) is 31.5 Å². The molecule has 1 aromatic carbocycles. The zero-order valence-electron chi connectivity index (χ0n) is 14.1. The lowest BCUT2D eigenvalue weighted by Crippen LogP contribution is -2.21. The fourth-order valence-electron chi connectivity index (χ4n) is 3.32. The van der Waals surface area contributed by atoms with Gasteiger partial charge < -0.3 is 19.9 Å². The van der Waals surface area contributed by atoms with Crippen molar-refractivity contribution in [3.8, 4) is 23.4 Å². The van der Waals surface area contributed by atoms with E-state index in [2.05, 4.69) is 23.2 Å². The van der Waals surface area contributed by atoms with Crippen LogP contribution in [0.3, 0.4) is 0 Å². The summed E-state index contributed by atoms with van der Waals surface area (Å²) in [7, 11) is 0. The van der Waals surface area contributed by atoms with E-state index >= 15 is 0 Å². The molecule has 1 atom stereocenters. The van der Waals surface area contributed by atoms with E-state index in [1.54, 1.807) is 12.1 Å². The number of nitrogens with zero attached hydrogens (tertiary/aromatic N) is 2. The predicted molar refractivity (Wildman–Crippen MR) is 94.1 cm³/mol. The first-order valence-electron chi connectivity index (χ1n) is 8.37. The van der Waals surface area contributed by atoms with Gasteiger partial charge in [-0.2, -0.15) is 5.26 Å². The third-order valence-electron chi connectivity index (χ3n) is 4.60. The van der Waals surface area contributed by atoms with Crippen molar-refractivity contribution in [3.05, 3.63) is 45.4 Å². The van der Waals surface area contributed by atoms with Crippen molar-refractivity contribution in [1.82, 2.24) is 10.2 Å². The summed E-state index contributed by atoms with van der Waals surface area (Å²) < 4.78 is 16.4. The van der Waals surface area contributed by atoms with Crippen LogP contribution >= 0.6 is 11.6 Å². The van der Waals surface area contributed by atoms with Gasteiger partial charge in [0, 0.05) is 16.8 Å². The van der Waals surface area contributed by atoms with Crippen molar-refractivity contribution < 1.29 is 14.2 Å². The lowest BCUT2D eigenvalue weighted by Gasteiger charge is -2.25. The van der Waals surface area contributed by atoms with E-state index in [0.717, 1.165) is 30.5 Å². The van der Waals surface area contributed by atoms with Crippen molar-refractivity contribution in [1.29, 1.82) is 5.26 Å². The van der Waals surface area contributed by atoms with Crippen LogP contribution in [0.2, 0.25) is 5.02 Å². The van der Waals surface area contributed by atoms with Crippen molar-refractivity contribution >= 4 is 11.6 Å². The number of halogens is 1. The normalized spacial score (nSPS) is 17.7. The molecule has 1 aromatic heterocycles. The standard InChI is InChI=1S/C18H17ClN4O3/c1-2-3-4-12-16-15(10(7-20)17(21)26-18(16)23-22-12)9-5-13-14(6-11(9)19)25-8-24-13/h5-6,15H,2-4,8,21H2,1H3,(H,22,23). The summed E-state index contributed by atoms with van der Waals surface area (Å²) in [5.41, 5.74) is 8.71. The van der Waals surface area contributed by atoms with Gasteiger partial charge in [-0.1, -0.05) is 24.9 Å². The molecule has 0 saturated heterocycles. The summed E-state index contributed by atoms with van der Waals surface area (Å²) in [6, 6.07) is 5.67. The van der Waals surface area contributed by atoms with Crippen LogP contribution in [0, 0.1) is 11.3 Å². The quantitative estimate of drug-likeness (QED) is 0.852. The van der Waals surface area contributed by atoms with Crippen molar-refractivity contribution in [2.75, 3.05) is 6.79 Å². The number of ether oxygens (including phenoxy) is 3. The molecule has 0 radical (unpaired) electrons. The van der Waals surface area contributed by atoms with Gasteiger partial charge in [-0.15, -0.1) is 5.10 Å². The van der Waals surface area contributed by atoms with Gasteiger partial charge in [0.1, 0.15) is 11.6 Å². The largest absolute Gasteiger partial charge is 0.454 e. The Kier molecular flexibility index (Phi) is 4.13. The Balaban J connectivity index is 1.89. The second kappa shape index (κ2) is 6.46. The molecule has 1 unspecified atom stereocenters. The van der Waals surface area contributed by atoms with E-state index in [1.165, 1.54) is 0 Å². The molecule has 0 saturated carbocycles. The summed E-state index contributed by atoms with van der Waals surface area (Å²) >= 11 is 6.52. The molecule has 0 fully saturated rings. The minimum absolute atomic E-state index is 0.0345. The zero-order valence-corrected chi connectivity index (χ0v) is 14.9. The van der Waals surface area contributed by atoms with E-state index in [0.29, 0.717) is 33.5 Å².